The fraction of sp³-hybridized carbons (Fsp3) is 0.370. The fourth-order valence-electron chi connectivity index (χ4n) is 4.65. The van der Waals surface area contributed by atoms with Crippen LogP contribution in [0.25, 0.3) is 5.76 Å². The molecule has 0 unspecified atom stereocenters. The van der Waals surface area contributed by atoms with Crippen LogP contribution in [0.4, 0.5) is 0 Å². The molecule has 0 bridgehead atoms. The lowest BCUT2D eigenvalue weighted by Gasteiger charge is -2.29. The highest BCUT2D eigenvalue weighted by Crippen LogP contribution is 2.41. The molecule has 2 saturated heterocycles. The van der Waals surface area contributed by atoms with Gasteiger partial charge in [-0.1, -0.05) is 23.8 Å². The zero-order chi connectivity index (χ0) is 25.8. The van der Waals surface area contributed by atoms with E-state index in [1.807, 2.05) is 0 Å². The van der Waals surface area contributed by atoms with Gasteiger partial charge in [0.2, 0.25) is 0 Å². The van der Waals surface area contributed by atoms with E-state index in [0.29, 0.717) is 37.3 Å². The van der Waals surface area contributed by atoms with Crippen LogP contribution < -0.4 is 0 Å². The number of benzene rings is 2. The van der Waals surface area contributed by atoms with E-state index in [9.17, 15) is 24.6 Å². The predicted molar refractivity (Wildman–Crippen MR) is 132 cm³/mol. The zero-order valence-corrected chi connectivity index (χ0v) is 20.4. The number of esters is 1. The van der Waals surface area contributed by atoms with Gasteiger partial charge >= 0.3 is 5.97 Å². The number of methoxy groups -OCH3 is 1. The van der Waals surface area contributed by atoms with Crippen molar-refractivity contribution in [1.29, 1.82) is 0 Å². The standard InChI is InChI=1S/C27H30N2O7/c1-17-4-9-21(30)20(16-17)24(31)22-23(18-5-7-19(8-6-18)27(34)35-2)29(26(33)25(22)32)11-3-10-28-12-14-36-15-13-28/h4-9,16,23,30-31H,3,10-15H2,1-2H3/t23-/m0/s1. The monoisotopic (exact) mass is 494 g/mol. The number of aryl methyl sites for hydroxylation is 1. The van der Waals surface area contributed by atoms with Gasteiger partial charge in [0.05, 0.1) is 43.1 Å². The first kappa shape index (κ1) is 25.4. The molecule has 2 aromatic carbocycles. The highest BCUT2D eigenvalue weighted by atomic mass is 16.5. The minimum absolute atomic E-state index is 0.0810. The molecule has 9 nitrogen and oxygen atoms in total. The molecule has 0 aromatic heterocycles. The number of rotatable bonds is 7. The van der Waals surface area contributed by atoms with Crippen molar-refractivity contribution in [2.24, 2.45) is 0 Å². The number of likely N-dealkylation sites (tertiary alicyclic amines) is 1. The first-order valence-corrected chi connectivity index (χ1v) is 11.9. The molecule has 0 spiro atoms. The van der Waals surface area contributed by atoms with E-state index in [0.717, 1.165) is 25.2 Å². The van der Waals surface area contributed by atoms with Crippen molar-refractivity contribution >= 4 is 23.4 Å². The first-order valence-electron chi connectivity index (χ1n) is 11.9. The van der Waals surface area contributed by atoms with Gasteiger partial charge in [0.1, 0.15) is 11.5 Å². The van der Waals surface area contributed by atoms with E-state index >= 15 is 0 Å². The number of phenolic OH excluding ortho intramolecular Hbond substituents is 1. The average molecular weight is 495 g/mol. The summed E-state index contributed by atoms with van der Waals surface area (Å²) in [6, 6.07) is 10.2. The maximum absolute atomic E-state index is 13.2. The predicted octanol–water partition coefficient (Wildman–Crippen LogP) is 2.63. The molecular formula is C27H30N2O7. The van der Waals surface area contributed by atoms with Crippen molar-refractivity contribution in [1.82, 2.24) is 9.80 Å². The van der Waals surface area contributed by atoms with E-state index < -0.39 is 29.5 Å². The summed E-state index contributed by atoms with van der Waals surface area (Å²) in [5.74, 6) is -2.68. The number of aromatic hydroxyl groups is 1. The van der Waals surface area contributed by atoms with E-state index in [4.69, 9.17) is 9.47 Å². The Kier molecular flexibility index (Phi) is 7.71. The summed E-state index contributed by atoms with van der Waals surface area (Å²) in [6.07, 6.45) is 0.625. The largest absolute Gasteiger partial charge is 0.507 e. The van der Waals surface area contributed by atoms with Crippen LogP contribution in [-0.4, -0.2) is 84.2 Å². The Labute approximate surface area is 209 Å². The van der Waals surface area contributed by atoms with Crippen LogP contribution >= 0.6 is 0 Å². The number of morpholine rings is 1. The van der Waals surface area contributed by atoms with Gasteiger partial charge in [-0.3, -0.25) is 14.5 Å². The minimum Gasteiger partial charge on any atom is -0.507 e. The summed E-state index contributed by atoms with van der Waals surface area (Å²) < 4.78 is 10.1. The van der Waals surface area contributed by atoms with E-state index in [1.54, 1.807) is 43.3 Å². The third-order valence-electron chi connectivity index (χ3n) is 6.57. The lowest BCUT2D eigenvalue weighted by atomic mass is 9.94. The highest BCUT2D eigenvalue weighted by Gasteiger charge is 2.46. The van der Waals surface area contributed by atoms with Crippen molar-refractivity contribution in [3.05, 3.63) is 70.3 Å². The summed E-state index contributed by atoms with van der Waals surface area (Å²) in [4.78, 5) is 42.0. The average Bonchev–Trinajstić information content (AvgIpc) is 3.15. The number of carbonyl (C=O) groups excluding carboxylic acids is 3. The number of ketones is 1. The van der Waals surface area contributed by atoms with Crippen molar-refractivity contribution in [2.75, 3.05) is 46.5 Å². The second kappa shape index (κ2) is 10.9. The zero-order valence-electron chi connectivity index (χ0n) is 20.4. The second-order valence-electron chi connectivity index (χ2n) is 8.93. The normalized spacial score (nSPS) is 20.1. The number of Topliss-reactive ketones (excluding diaryl/α,β-unsaturated/α-hetero) is 1. The SMILES string of the molecule is COC(=O)c1ccc([C@H]2C(=C(O)c3cc(C)ccc3O)C(=O)C(=O)N2CCCN2CCOCC2)cc1. The summed E-state index contributed by atoms with van der Waals surface area (Å²) >= 11 is 0. The summed E-state index contributed by atoms with van der Waals surface area (Å²) in [7, 11) is 1.29. The Bertz CT molecular complexity index is 1180. The Morgan fingerprint density at radius 2 is 1.78 bits per heavy atom. The van der Waals surface area contributed by atoms with Crippen LogP contribution in [-0.2, 0) is 19.1 Å². The van der Waals surface area contributed by atoms with Crippen molar-refractivity contribution in [2.45, 2.75) is 19.4 Å². The van der Waals surface area contributed by atoms with Crippen molar-refractivity contribution in [3.63, 3.8) is 0 Å². The Morgan fingerprint density at radius 3 is 2.44 bits per heavy atom. The Hall–Kier alpha value is -3.69. The van der Waals surface area contributed by atoms with E-state index in [1.165, 1.54) is 18.1 Å². The molecule has 1 amide bonds. The molecule has 9 heteroatoms. The first-order chi connectivity index (χ1) is 17.3. The number of carbonyl (C=O) groups is 3. The van der Waals surface area contributed by atoms with Crippen LogP contribution in [0.2, 0.25) is 0 Å². The maximum atomic E-state index is 13.2. The molecular weight excluding hydrogens is 464 g/mol. The number of amides is 1. The van der Waals surface area contributed by atoms with Gasteiger partial charge in [0.25, 0.3) is 11.7 Å². The van der Waals surface area contributed by atoms with Crippen LogP contribution in [0.5, 0.6) is 5.75 Å². The molecule has 2 heterocycles. The molecule has 0 aliphatic carbocycles. The fourth-order valence-corrected chi connectivity index (χ4v) is 4.65. The highest BCUT2D eigenvalue weighted by molar-refractivity contribution is 6.46. The van der Waals surface area contributed by atoms with Gasteiger partial charge in [-0.05, 0) is 43.2 Å². The molecule has 2 aromatic rings. The van der Waals surface area contributed by atoms with Gasteiger partial charge in [-0.2, -0.15) is 0 Å². The number of nitrogens with zero attached hydrogens (tertiary/aromatic N) is 2. The third kappa shape index (κ3) is 5.12. The topological polar surface area (TPSA) is 117 Å². The molecule has 2 aliphatic rings. The molecule has 36 heavy (non-hydrogen) atoms. The molecule has 0 radical (unpaired) electrons. The number of aliphatic hydroxyl groups is 1. The molecule has 2 fully saturated rings. The van der Waals surface area contributed by atoms with Gasteiger partial charge < -0.3 is 24.6 Å². The summed E-state index contributed by atoms with van der Waals surface area (Å²) in [5.41, 5.74) is 1.63. The summed E-state index contributed by atoms with van der Waals surface area (Å²) in [5, 5.41) is 21.6. The molecule has 0 saturated carbocycles. The molecule has 190 valence electrons. The quantitative estimate of drug-likeness (QED) is 0.261. The van der Waals surface area contributed by atoms with Gasteiger partial charge in [0, 0.05) is 26.2 Å². The number of phenols is 1. The van der Waals surface area contributed by atoms with Crippen molar-refractivity contribution < 1.29 is 34.1 Å². The van der Waals surface area contributed by atoms with Crippen molar-refractivity contribution in [3.8, 4) is 5.75 Å². The number of hydrogen-bond donors (Lipinski definition) is 2. The number of hydrogen-bond acceptors (Lipinski definition) is 8. The lowest BCUT2D eigenvalue weighted by Crippen LogP contribution is -2.39. The smallest absolute Gasteiger partial charge is 0.337 e. The second-order valence-corrected chi connectivity index (χ2v) is 8.93. The van der Waals surface area contributed by atoms with Gasteiger partial charge in [-0.25, -0.2) is 4.79 Å². The number of ether oxygens (including phenoxy) is 2. The molecule has 2 aliphatic heterocycles. The Balaban J connectivity index is 1.72. The third-order valence-corrected chi connectivity index (χ3v) is 6.57. The van der Waals surface area contributed by atoms with Crippen LogP contribution in [0, 0.1) is 6.92 Å². The van der Waals surface area contributed by atoms with Crippen LogP contribution in [0.3, 0.4) is 0 Å². The molecule has 1 atom stereocenters. The lowest BCUT2D eigenvalue weighted by molar-refractivity contribution is -0.140. The van der Waals surface area contributed by atoms with Crippen LogP contribution in [0.15, 0.2) is 48.0 Å². The maximum Gasteiger partial charge on any atom is 0.337 e. The minimum atomic E-state index is -0.874. The molecule has 2 N–H and O–H groups in total. The molecule has 4 rings (SSSR count). The van der Waals surface area contributed by atoms with E-state index in [2.05, 4.69) is 4.90 Å². The van der Waals surface area contributed by atoms with E-state index in [-0.39, 0.29) is 16.9 Å². The van der Waals surface area contributed by atoms with Gasteiger partial charge in [-0.15, -0.1) is 0 Å². The van der Waals surface area contributed by atoms with Gasteiger partial charge in [0.15, 0.2) is 0 Å². The Morgan fingerprint density at radius 1 is 1.08 bits per heavy atom. The number of aliphatic hydroxyl groups excluding tert-OH is 1. The summed E-state index contributed by atoms with van der Waals surface area (Å²) in [6.45, 7) is 5.77. The van der Waals surface area contributed by atoms with Crippen LogP contribution in [0.1, 0.15) is 39.5 Å².